The highest BCUT2D eigenvalue weighted by Gasteiger charge is 2.10. The van der Waals surface area contributed by atoms with Crippen molar-refractivity contribution in [3.05, 3.63) is 54.0 Å². The Morgan fingerprint density at radius 3 is 2.81 bits per heavy atom. The van der Waals surface area contributed by atoms with Crippen LogP contribution in [0, 0.1) is 6.92 Å². The molecule has 5 heteroatoms. The molecule has 4 rings (SSSR count). The minimum absolute atomic E-state index is 0.878. The third-order valence-corrected chi connectivity index (χ3v) is 5.02. The van der Waals surface area contributed by atoms with Crippen molar-refractivity contribution < 1.29 is 4.74 Å². The Morgan fingerprint density at radius 2 is 1.92 bits per heavy atom. The lowest BCUT2D eigenvalue weighted by molar-refractivity contribution is 0.0372. The van der Waals surface area contributed by atoms with Crippen molar-refractivity contribution in [3.63, 3.8) is 0 Å². The lowest BCUT2D eigenvalue weighted by Gasteiger charge is -2.26. The predicted molar refractivity (Wildman–Crippen MR) is 104 cm³/mol. The lowest BCUT2D eigenvalue weighted by Crippen LogP contribution is -2.36. The van der Waals surface area contributed by atoms with Crippen LogP contribution < -0.4 is 0 Å². The van der Waals surface area contributed by atoms with Gasteiger partial charge < -0.3 is 4.74 Å². The Balaban J connectivity index is 1.38. The van der Waals surface area contributed by atoms with Gasteiger partial charge in [-0.1, -0.05) is 18.2 Å². The highest BCUT2D eigenvalue weighted by molar-refractivity contribution is 5.80. The van der Waals surface area contributed by atoms with E-state index in [4.69, 9.17) is 9.84 Å². The number of unbranched alkanes of at least 4 members (excludes halogenated alkanes) is 1. The minimum Gasteiger partial charge on any atom is -0.379 e. The first-order valence-corrected chi connectivity index (χ1v) is 9.50. The van der Waals surface area contributed by atoms with Gasteiger partial charge in [0.25, 0.3) is 0 Å². The third kappa shape index (κ3) is 3.94. The number of hydrogen-bond donors (Lipinski definition) is 0. The number of benzene rings is 1. The number of aryl methyl sites for hydroxylation is 2. The van der Waals surface area contributed by atoms with Gasteiger partial charge in [-0.15, -0.1) is 0 Å². The van der Waals surface area contributed by atoms with Crippen LogP contribution in [0.1, 0.15) is 24.2 Å². The van der Waals surface area contributed by atoms with Crippen LogP contribution in [0.4, 0.5) is 0 Å². The van der Waals surface area contributed by atoms with Crippen molar-refractivity contribution in [2.75, 3.05) is 32.8 Å². The molecule has 26 heavy (non-hydrogen) atoms. The number of para-hydroxylation sites is 1. The van der Waals surface area contributed by atoms with Gasteiger partial charge in [0.15, 0.2) is 0 Å². The summed E-state index contributed by atoms with van der Waals surface area (Å²) in [5.41, 5.74) is 4.37. The van der Waals surface area contributed by atoms with E-state index >= 15 is 0 Å². The molecular formula is C21H26N4O. The topological polar surface area (TPSA) is 43.2 Å². The zero-order valence-electron chi connectivity index (χ0n) is 15.4. The van der Waals surface area contributed by atoms with Gasteiger partial charge in [0.2, 0.25) is 0 Å². The monoisotopic (exact) mass is 350 g/mol. The molecule has 2 aromatic heterocycles. The van der Waals surface area contributed by atoms with E-state index in [1.165, 1.54) is 12.8 Å². The molecule has 0 aliphatic carbocycles. The summed E-state index contributed by atoms with van der Waals surface area (Å²) in [5.74, 6) is 0. The van der Waals surface area contributed by atoms with Gasteiger partial charge in [0.1, 0.15) is 0 Å². The molecule has 1 aliphatic heterocycles. The molecule has 0 bridgehead atoms. The second kappa shape index (κ2) is 7.98. The number of nitrogens with zero attached hydrogens (tertiary/aromatic N) is 4. The van der Waals surface area contributed by atoms with Gasteiger partial charge in [-0.2, -0.15) is 5.10 Å². The van der Waals surface area contributed by atoms with Gasteiger partial charge in [-0.25, -0.2) is 4.68 Å². The van der Waals surface area contributed by atoms with E-state index in [-0.39, 0.29) is 0 Å². The normalized spacial score (nSPS) is 15.6. The number of ether oxygens (including phenoxy) is 1. The van der Waals surface area contributed by atoms with Crippen LogP contribution in [0.3, 0.4) is 0 Å². The molecule has 0 amide bonds. The summed E-state index contributed by atoms with van der Waals surface area (Å²) in [6.45, 7) is 7.18. The molecule has 1 saturated heterocycles. The summed E-state index contributed by atoms with van der Waals surface area (Å²) >= 11 is 0. The molecule has 0 atom stereocenters. The minimum atomic E-state index is 0.878. The smallest absolute Gasteiger partial charge is 0.0838 e. The largest absolute Gasteiger partial charge is 0.379 e. The van der Waals surface area contributed by atoms with Crippen LogP contribution in [0.5, 0.6) is 0 Å². The van der Waals surface area contributed by atoms with E-state index in [0.717, 1.165) is 67.2 Å². The first-order valence-electron chi connectivity index (χ1n) is 9.50. The Labute approximate surface area is 154 Å². The molecule has 136 valence electrons. The quantitative estimate of drug-likeness (QED) is 0.639. The summed E-state index contributed by atoms with van der Waals surface area (Å²) in [6, 6.07) is 12.5. The first-order chi connectivity index (χ1) is 12.8. The van der Waals surface area contributed by atoms with E-state index in [9.17, 15) is 0 Å². The van der Waals surface area contributed by atoms with E-state index in [2.05, 4.69) is 35.0 Å². The number of hydrogen-bond acceptors (Lipinski definition) is 4. The summed E-state index contributed by atoms with van der Waals surface area (Å²) in [6.07, 6.45) is 5.32. The summed E-state index contributed by atoms with van der Waals surface area (Å²) in [4.78, 5) is 7.05. The highest BCUT2D eigenvalue weighted by atomic mass is 16.5. The maximum Gasteiger partial charge on any atom is 0.0838 e. The van der Waals surface area contributed by atoms with Crippen LogP contribution in [-0.4, -0.2) is 52.5 Å². The molecule has 0 spiro atoms. The van der Waals surface area contributed by atoms with Crippen LogP contribution in [0.15, 0.2) is 42.6 Å². The van der Waals surface area contributed by atoms with E-state index in [1.807, 2.05) is 29.1 Å². The van der Waals surface area contributed by atoms with Gasteiger partial charge in [-0.3, -0.25) is 9.88 Å². The standard InChI is InChI=1S/C21H26N4O/c1-17-14-19(7-4-5-9-24-10-12-26-13-11-24)23-25(17)20-15-18-6-2-3-8-21(18)22-16-20/h2-3,6,8,14-16H,4-5,7,9-13H2,1H3. The maximum atomic E-state index is 5.40. The molecule has 1 fully saturated rings. The average Bonchev–Trinajstić information content (AvgIpc) is 3.06. The maximum absolute atomic E-state index is 5.40. The van der Waals surface area contributed by atoms with Gasteiger partial charge in [-0.05, 0) is 50.9 Å². The highest BCUT2D eigenvalue weighted by Crippen LogP contribution is 2.18. The number of morpholine rings is 1. The molecule has 3 heterocycles. The van der Waals surface area contributed by atoms with Crippen molar-refractivity contribution in [3.8, 4) is 5.69 Å². The third-order valence-electron chi connectivity index (χ3n) is 5.02. The van der Waals surface area contributed by atoms with Crippen molar-refractivity contribution >= 4 is 10.9 Å². The number of aromatic nitrogens is 3. The van der Waals surface area contributed by atoms with Crippen LogP contribution >= 0.6 is 0 Å². The fourth-order valence-corrected chi connectivity index (χ4v) is 3.56. The second-order valence-electron chi connectivity index (χ2n) is 6.99. The molecule has 1 aliphatic rings. The number of pyridine rings is 1. The van der Waals surface area contributed by atoms with Crippen molar-refractivity contribution in [1.29, 1.82) is 0 Å². The molecule has 0 radical (unpaired) electrons. The summed E-state index contributed by atoms with van der Waals surface area (Å²) < 4.78 is 7.41. The van der Waals surface area contributed by atoms with Crippen LogP contribution in [-0.2, 0) is 11.2 Å². The van der Waals surface area contributed by atoms with Crippen LogP contribution in [0.2, 0.25) is 0 Å². The molecule has 5 nitrogen and oxygen atoms in total. The van der Waals surface area contributed by atoms with Gasteiger partial charge in [0.05, 0.1) is 36.3 Å². The van der Waals surface area contributed by atoms with Gasteiger partial charge >= 0.3 is 0 Å². The molecule has 0 N–H and O–H groups in total. The molecule has 0 unspecified atom stereocenters. The Bertz CT molecular complexity index is 867. The van der Waals surface area contributed by atoms with Crippen molar-refractivity contribution in [2.24, 2.45) is 0 Å². The summed E-state index contributed by atoms with van der Waals surface area (Å²) in [7, 11) is 0. The molecule has 1 aromatic carbocycles. The van der Waals surface area contributed by atoms with Gasteiger partial charge in [0, 0.05) is 24.2 Å². The Kier molecular flexibility index (Phi) is 5.27. The Hall–Kier alpha value is -2.24. The Morgan fingerprint density at radius 1 is 1.08 bits per heavy atom. The van der Waals surface area contributed by atoms with E-state index in [0.29, 0.717) is 0 Å². The molecular weight excluding hydrogens is 324 g/mol. The SMILES string of the molecule is Cc1cc(CCCCN2CCOCC2)nn1-c1cnc2ccccc2c1. The predicted octanol–water partition coefficient (Wildman–Crippen LogP) is 3.38. The van der Waals surface area contributed by atoms with E-state index in [1.54, 1.807) is 0 Å². The molecule has 3 aromatic rings. The fraction of sp³-hybridized carbons (Fsp3) is 0.429. The number of rotatable bonds is 6. The zero-order valence-corrected chi connectivity index (χ0v) is 15.4. The van der Waals surface area contributed by atoms with Crippen molar-refractivity contribution in [1.82, 2.24) is 19.7 Å². The first kappa shape index (κ1) is 17.2. The van der Waals surface area contributed by atoms with Crippen molar-refractivity contribution in [2.45, 2.75) is 26.2 Å². The molecule has 0 saturated carbocycles. The van der Waals surface area contributed by atoms with Crippen LogP contribution in [0.25, 0.3) is 16.6 Å². The second-order valence-corrected chi connectivity index (χ2v) is 6.99. The average molecular weight is 350 g/mol. The lowest BCUT2D eigenvalue weighted by atomic mass is 10.2. The zero-order chi connectivity index (χ0) is 17.8. The van der Waals surface area contributed by atoms with E-state index < -0.39 is 0 Å². The fourth-order valence-electron chi connectivity index (χ4n) is 3.56. The summed E-state index contributed by atoms with van der Waals surface area (Å²) in [5, 5.41) is 5.96. The number of fused-ring (bicyclic) bond motifs is 1.